The number of aromatic carboxylic acids is 1. The molecule has 0 radical (unpaired) electrons. The number of carboxylic acids is 1. The van der Waals surface area contributed by atoms with E-state index < -0.39 is 5.97 Å². The minimum atomic E-state index is -0.958. The van der Waals surface area contributed by atoms with E-state index in [9.17, 15) is 10.1 Å². The molecule has 4 nitrogen and oxygen atoms in total. The number of fused-ring (bicyclic) bond motifs is 1. The SMILES string of the molecule is N#C/C(=C/c1ccccc1OCc1ccc(C(=O)O)cc1)c1ccc2ccccc2c1. The van der Waals surface area contributed by atoms with Crippen molar-refractivity contribution in [3.8, 4) is 11.8 Å². The molecule has 0 saturated heterocycles. The third kappa shape index (κ3) is 4.63. The van der Waals surface area contributed by atoms with Gasteiger partial charge in [0.25, 0.3) is 0 Å². The molecule has 0 unspecified atom stereocenters. The number of allylic oxidation sites excluding steroid dienone is 1. The summed E-state index contributed by atoms with van der Waals surface area (Å²) in [4.78, 5) is 11.0. The predicted molar refractivity (Wildman–Crippen MR) is 122 cm³/mol. The van der Waals surface area contributed by atoms with Crippen LogP contribution in [0, 0.1) is 11.3 Å². The molecule has 0 atom stereocenters. The van der Waals surface area contributed by atoms with Gasteiger partial charge in [0.15, 0.2) is 0 Å². The lowest BCUT2D eigenvalue weighted by molar-refractivity contribution is 0.0697. The molecule has 0 aromatic heterocycles. The van der Waals surface area contributed by atoms with E-state index in [1.54, 1.807) is 24.3 Å². The van der Waals surface area contributed by atoms with Crippen LogP contribution in [0.4, 0.5) is 0 Å². The number of nitriles is 1. The zero-order valence-corrected chi connectivity index (χ0v) is 16.7. The van der Waals surface area contributed by atoms with Crippen LogP contribution < -0.4 is 4.74 Å². The Balaban J connectivity index is 1.59. The van der Waals surface area contributed by atoms with Crippen LogP contribution in [0.5, 0.6) is 5.75 Å². The van der Waals surface area contributed by atoms with Gasteiger partial charge < -0.3 is 9.84 Å². The maximum absolute atomic E-state index is 11.0. The van der Waals surface area contributed by atoms with E-state index in [-0.39, 0.29) is 5.56 Å². The standard InChI is InChI=1S/C27H19NO3/c28-17-25(23-14-13-20-5-1-2-6-22(20)15-23)16-24-7-3-4-8-26(24)31-18-19-9-11-21(12-10-19)27(29)30/h1-16H,18H2,(H,29,30)/b25-16-. The second-order valence-electron chi connectivity index (χ2n) is 7.06. The fraction of sp³-hybridized carbons (Fsp3) is 0.0370. The Labute approximate surface area is 180 Å². The highest BCUT2D eigenvalue weighted by atomic mass is 16.5. The molecule has 4 rings (SSSR count). The summed E-state index contributed by atoms with van der Waals surface area (Å²) >= 11 is 0. The normalized spacial score (nSPS) is 11.1. The topological polar surface area (TPSA) is 70.3 Å². The van der Waals surface area contributed by atoms with E-state index in [2.05, 4.69) is 6.07 Å². The van der Waals surface area contributed by atoms with E-state index in [0.717, 1.165) is 27.5 Å². The van der Waals surface area contributed by atoms with Crippen molar-refractivity contribution < 1.29 is 14.6 Å². The Kier molecular flexibility index (Phi) is 5.77. The number of hydrogen-bond donors (Lipinski definition) is 1. The van der Waals surface area contributed by atoms with Crippen molar-refractivity contribution in [3.05, 3.63) is 113 Å². The Bertz CT molecular complexity index is 1310. The molecule has 0 aliphatic heterocycles. The average Bonchev–Trinajstić information content (AvgIpc) is 2.81. The number of para-hydroxylation sites is 1. The highest BCUT2D eigenvalue weighted by Gasteiger charge is 2.07. The second-order valence-corrected chi connectivity index (χ2v) is 7.06. The molecule has 4 heteroatoms. The van der Waals surface area contributed by atoms with Crippen molar-refractivity contribution in [2.24, 2.45) is 0 Å². The maximum Gasteiger partial charge on any atom is 0.335 e. The first-order valence-corrected chi connectivity index (χ1v) is 9.79. The summed E-state index contributed by atoms with van der Waals surface area (Å²) in [6.07, 6.45) is 1.83. The van der Waals surface area contributed by atoms with Crippen LogP contribution in [0.2, 0.25) is 0 Å². The van der Waals surface area contributed by atoms with Crippen molar-refractivity contribution in [1.82, 2.24) is 0 Å². The van der Waals surface area contributed by atoms with E-state index in [4.69, 9.17) is 9.84 Å². The number of nitrogens with zero attached hydrogens (tertiary/aromatic N) is 1. The average molecular weight is 405 g/mol. The molecule has 150 valence electrons. The Hall–Kier alpha value is -4.36. The van der Waals surface area contributed by atoms with E-state index in [1.165, 1.54) is 0 Å². The molecule has 4 aromatic rings. The molecule has 0 amide bonds. The van der Waals surface area contributed by atoms with Gasteiger partial charge in [-0.3, -0.25) is 0 Å². The lowest BCUT2D eigenvalue weighted by Crippen LogP contribution is -1.99. The summed E-state index contributed by atoms with van der Waals surface area (Å²) < 4.78 is 5.97. The van der Waals surface area contributed by atoms with Crippen molar-refractivity contribution in [2.75, 3.05) is 0 Å². The largest absolute Gasteiger partial charge is 0.488 e. The van der Waals surface area contributed by atoms with Gasteiger partial charge in [0.1, 0.15) is 12.4 Å². The Morgan fingerprint density at radius 1 is 0.871 bits per heavy atom. The third-order valence-electron chi connectivity index (χ3n) is 4.99. The number of carbonyl (C=O) groups is 1. The molecule has 0 fully saturated rings. The fourth-order valence-corrected chi connectivity index (χ4v) is 3.33. The Morgan fingerprint density at radius 2 is 1.55 bits per heavy atom. The third-order valence-corrected chi connectivity index (χ3v) is 4.99. The summed E-state index contributed by atoms with van der Waals surface area (Å²) in [5.41, 5.74) is 3.29. The minimum absolute atomic E-state index is 0.237. The summed E-state index contributed by atoms with van der Waals surface area (Å²) in [6.45, 7) is 0.294. The van der Waals surface area contributed by atoms with Gasteiger partial charge in [-0.05, 0) is 52.2 Å². The predicted octanol–water partition coefficient (Wildman–Crippen LogP) is 6.18. The van der Waals surface area contributed by atoms with Crippen LogP contribution in [0.1, 0.15) is 27.0 Å². The molecule has 31 heavy (non-hydrogen) atoms. The van der Waals surface area contributed by atoms with Gasteiger partial charge in [0.05, 0.1) is 17.2 Å². The number of hydrogen-bond acceptors (Lipinski definition) is 3. The monoisotopic (exact) mass is 405 g/mol. The zero-order chi connectivity index (χ0) is 21.6. The molecule has 0 heterocycles. The van der Waals surface area contributed by atoms with E-state index in [0.29, 0.717) is 17.9 Å². The van der Waals surface area contributed by atoms with Gasteiger partial charge in [-0.1, -0.05) is 66.7 Å². The highest BCUT2D eigenvalue weighted by Crippen LogP contribution is 2.27. The summed E-state index contributed by atoms with van der Waals surface area (Å²) in [7, 11) is 0. The smallest absolute Gasteiger partial charge is 0.335 e. The van der Waals surface area contributed by atoms with Crippen LogP contribution >= 0.6 is 0 Å². The quantitative estimate of drug-likeness (QED) is 0.307. The molecule has 0 aliphatic carbocycles. The lowest BCUT2D eigenvalue weighted by atomic mass is 10.00. The van der Waals surface area contributed by atoms with Gasteiger partial charge in [-0.25, -0.2) is 4.79 Å². The second kappa shape index (κ2) is 8.98. The molecule has 4 aromatic carbocycles. The van der Waals surface area contributed by atoms with Gasteiger partial charge in [0, 0.05) is 5.56 Å². The highest BCUT2D eigenvalue weighted by molar-refractivity contribution is 5.94. The van der Waals surface area contributed by atoms with Gasteiger partial charge in [-0.2, -0.15) is 5.26 Å². The van der Waals surface area contributed by atoms with Crippen molar-refractivity contribution in [2.45, 2.75) is 6.61 Å². The van der Waals surface area contributed by atoms with E-state index >= 15 is 0 Å². The summed E-state index contributed by atoms with van der Waals surface area (Å²) in [5.74, 6) is -0.306. The number of carboxylic acid groups (broad SMARTS) is 1. The molecule has 1 N–H and O–H groups in total. The Morgan fingerprint density at radius 3 is 2.29 bits per heavy atom. The first-order chi connectivity index (χ1) is 15.1. The molecular formula is C27H19NO3. The number of ether oxygens (including phenoxy) is 1. The van der Waals surface area contributed by atoms with Crippen LogP contribution in [0.25, 0.3) is 22.4 Å². The van der Waals surface area contributed by atoms with Crippen LogP contribution in [0.15, 0.2) is 91.0 Å². The fourth-order valence-electron chi connectivity index (χ4n) is 3.33. The lowest BCUT2D eigenvalue weighted by Gasteiger charge is -2.10. The first-order valence-electron chi connectivity index (χ1n) is 9.79. The molecule has 0 aliphatic rings. The van der Waals surface area contributed by atoms with Gasteiger partial charge in [-0.15, -0.1) is 0 Å². The van der Waals surface area contributed by atoms with Gasteiger partial charge in [0.2, 0.25) is 0 Å². The van der Waals surface area contributed by atoms with Crippen molar-refractivity contribution in [3.63, 3.8) is 0 Å². The summed E-state index contributed by atoms with van der Waals surface area (Å²) in [5, 5.41) is 21.0. The van der Waals surface area contributed by atoms with Crippen LogP contribution in [-0.4, -0.2) is 11.1 Å². The maximum atomic E-state index is 11.0. The van der Waals surface area contributed by atoms with Crippen LogP contribution in [-0.2, 0) is 6.61 Å². The molecule has 0 saturated carbocycles. The summed E-state index contributed by atoms with van der Waals surface area (Å²) in [6, 6.07) is 30.4. The number of rotatable bonds is 6. The van der Waals surface area contributed by atoms with Crippen molar-refractivity contribution >= 4 is 28.4 Å². The first kappa shape index (κ1) is 19.9. The molecular weight excluding hydrogens is 386 g/mol. The molecule has 0 spiro atoms. The minimum Gasteiger partial charge on any atom is -0.488 e. The molecule has 0 bridgehead atoms. The van der Waals surface area contributed by atoms with Gasteiger partial charge >= 0.3 is 5.97 Å². The zero-order valence-electron chi connectivity index (χ0n) is 16.7. The van der Waals surface area contributed by atoms with Crippen LogP contribution in [0.3, 0.4) is 0 Å². The van der Waals surface area contributed by atoms with Crippen molar-refractivity contribution in [1.29, 1.82) is 5.26 Å². The van der Waals surface area contributed by atoms with E-state index in [1.807, 2.05) is 72.8 Å². The number of benzene rings is 4.